The molecule has 0 amide bonds. The second-order valence-corrected chi connectivity index (χ2v) is 5.99. The summed E-state index contributed by atoms with van der Waals surface area (Å²) >= 11 is 13.7. The van der Waals surface area contributed by atoms with Gasteiger partial charge >= 0.3 is 0 Å². The lowest BCUT2D eigenvalue weighted by Gasteiger charge is -2.01. The molecule has 100 valence electrons. The van der Waals surface area contributed by atoms with Gasteiger partial charge in [0, 0.05) is 27.2 Å². The fourth-order valence-corrected chi connectivity index (χ4v) is 3.22. The summed E-state index contributed by atoms with van der Waals surface area (Å²) in [6.07, 6.45) is 0. The van der Waals surface area contributed by atoms with Gasteiger partial charge in [-0.2, -0.15) is 0 Å². The minimum Gasteiger partial charge on any atom is -0.399 e. The van der Waals surface area contributed by atoms with Crippen LogP contribution >= 0.6 is 34.5 Å². The van der Waals surface area contributed by atoms with Crippen LogP contribution in [0, 0.1) is 0 Å². The summed E-state index contributed by atoms with van der Waals surface area (Å²) in [7, 11) is 0. The number of hydrogen-bond acceptors (Lipinski definition) is 3. The first kappa shape index (κ1) is 13.4. The lowest BCUT2D eigenvalue weighted by Crippen LogP contribution is -1.85. The third kappa shape index (κ3) is 2.66. The Morgan fingerprint density at radius 2 is 1.90 bits per heavy atom. The van der Waals surface area contributed by atoms with E-state index in [2.05, 4.69) is 4.98 Å². The number of nitrogens with zero attached hydrogens (tertiary/aromatic N) is 1. The maximum Gasteiger partial charge on any atom is 0.124 e. The van der Waals surface area contributed by atoms with E-state index < -0.39 is 0 Å². The second kappa shape index (κ2) is 5.44. The summed E-state index contributed by atoms with van der Waals surface area (Å²) in [5.41, 5.74) is 9.25. The minimum atomic E-state index is 0.599. The molecule has 0 aliphatic heterocycles. The van der Waals surface area contributed by atoms with Gasteiger partial charge < -0.3 is 5.73 Å². The number of hydrogen-bond donors (Lipinski definition) is 1. The third-order valence-electron chi connectivity index (χ3n) is 2.84. The first-order valence-corrected chi connectivity index (χ1v) is 7.54. The molecule has 1 heterocycles. The van der Waals surface area contributed by atoms with Crippen molar-refractivity contribution in [2.75, 3.05) is 5.73 Å². The van der Waals surface area contributed by atoms with E-state index in [4.69, 9.17) is 28.9 Å². The number of rotatable bonds is 2. The zero-order valence-corrected chi connectivity index (χ0v) is 12.6. The van der Waals surface area contributed by atoms with Gasteiger partial charge in [-0.15, -0.1) is 11.3 Å². The Kier molecular flexibility index (Phi) is 3.66. The molecule has 0 unspecified atom stereocenters. The van der Waals surface area contributed by atoms with Crippen LogP contribution < -0.4 is 5.73 Å². The molecule has 0 spiro atoms. The van der Waals surface area contributed by atoms with E-state index in [9.17, 15) is 0 Å². The average molecular weight is 321 g/mol. The van der Waals surface area contributed by atoms with Crippen LogP contribution in [-0.2, 0) is 0 Å². The summed E-state index contributed by atoms with van der Waals surface area (Å²) in [6, 6.07) is 13.1. The van der Waals surface area contributed by atoms with Crippen molar-refractivity contribution in [2.24, 2.45) is 0 Å². The van der Waals surface area contributed by atoms with E-state index in [1.165, 1.54) is 0 Å². The Hall–Kier alpha value is -1.55. The lowest BCUT2D eigenvalue weighted by atomic mass is 10.1. The number of nitrogens with two attached hydrogens (primary N) is 1. The molecule has 3 rings (SSSR count). The Labute approximate surface area is 130 Å². The lowest BCUT2D eigenvalue weighted by molar-refractivity contribution is 1.40. The van der Waals surface area contributed by atoms with Crippen molar-refractivity contribution in [1.82, 2.24) is 4.98 Å². The highest BCUT2D eigenvalue weighted by Gasteiger charge is 2.10. The third-order valence-corrected chi connectivity index (χ3v) is 4.28. The summed E-state index contributed by atoms with van der Waals surface area (Å²) in [6.45, 7) is 0. The molecule has 2 aromatic carbocycles. The maximum atomic E-state index is 6.20. The fourth-order valence-electron chi connectivity index (χ4n) is 1.90. The second-order valence-electron chi connectivity index (χ2n) is 4.29. The van der Waals surface area contributed by atoms with Gasteiger partial charge in [0.15, 0.2) is 0 Å². The predicted molar refractivity (Wildman–Crippen MR) is 87.4 cm³/mol. The van der Waals surface area contributed by atoms with Crippen LogP contribution in [-0.4, -0.2) is 4.98 Å². The molecule has 0 aliphatic rings. The van der Waals surface area contributed by atoms with E-state index in [1.54, 1.807) is 17.4 Å². The summed E-state index contributed by atoms with van der Waals surface area (Å²) in [4.78, 5) is 4.62. The zero-order chi connectivity index (χ0) is 14.1. The van der Waals surface area contributed by atoms with Gasteiger partial charge in [0.25, 0.3) is 0 Å². The van der Waals surface area contributed by atoms with Crippen LogP contribution in [0.2, 0.25) is 10.0 Å². The standard InChI is InChI=1S/C15H10Cl2N2S/c16-10-4-5-12(13(17)7-10)14-8-20-15(19-14)9-2-1-3-11(18)6-9/h1-8H,18H2. The highest BCUT2D eigenvalue weighted by Crippen LogP contribution is 2.34. The van der Waals surface area contributed by atoms with Crippen molar-refractivity contribution in [3.8, 4) is 21.8 Å². The van der Waals surface area contributed by atoms with Crippen molar-refractivity contribution in [1.29, 1.82) is 0 Å². The summed E-state index contributed by atoms with van der Waals surface area (Å²) in [5.74, 6) is 0. The number of benzene rings is 2. The Morgan fingerprint density at radius 1 is 1.05 bits per heavy atom. The molecule has 1 aromatic heterocycles. The van der Waals surface area contributed by atoms with Crippen molar-refractivity contribution < 1.29 is 0 Å². The maximum absolute atomic E-state index is 6.20. The fraction of sp³-hybridized carbons (Fsp3) is 0. The highest BCUT2D eigenvalue weighted by molar-refractivity contribution is 7.13. The number of nitrogen functional groups attached to an aromatic ring is 1. The van der Waals surface area contributed by atoms with Crippen molar-refractivity contribution in [2.45, 2.75) is 0 Å². The zero-order valence-electron chi connectivity index (χ0n) is 10.3. The van der Waals surface area contributed by atoms with E-state index in [0.717, 1.165) is 27.5 Å². The smallest absolute Gasteiger partial charge is 0.124 e. The Morgan fingerprint density at radius 3 is 2.65 bits per heavy atom. The van der Waals surface area contributed by atoms with Gasteiger partial charge in [0.1, 0.15) is 5.01 Å². The molecule has 5 heteroatoms. The molecular weight excluding hydrogens is 311 g/mol. The number of halogens is 2. The molecule has 0 saturated carbocycles. The van der Waals surface area contributed by atoms with Gasteiger partial charge in [-0.05, 0) is 30.3 Å². The van der Waals surface area contributed by atoms with Gasteiger partial charge in [-0.3, -0.25) is 0 Å². The van der Waals surface area contributed by atoms with Crippen molar-refractivity contribution in [3.63, 3.8) is 0 Å². The van der Waals surface area contributed by atoms with E-state index >= 15 is 0 Å². The Bertz CT molecular complexity index is 768. The van der Waals surface area contributed by atoms with Gasteiger partial charge in [0.2, 0.25) is 0 Å². The summed E-state index contributed by atoms with van der Waals surface area (Å²) in [5, 5.41) is 4.11. The largest absolute Gasteiger partial charge is 0.399 e. The SMILES string of the molecule is Nc1cccc(-c2nc(-c3ccc(Cl)cc3Cl)cs2)c1. The first-order valence-electron chi connectivity index (χ1n) is 5.90. The van der Waals surface area contributed by atoms with Gasteiger partial charge in [-0.25, -0.2) is 4.98 Å². The average Bonchev–Trinajstić information content (AvgIpc) is 2.88. The molecule has 2 nitrogen and oxygen atoms in total. The van der Waals surface area contributed by atoms with Crippen molar-refractivity contribution in [3.05, 3.63) is 57.9 Å². The van der Waals surface area contributed by atoms with Crippen LogP contribution in [0.25, 0.3) is 21.8 Å². The van der Waals surface area contributed by atoms with Crippen LogP contribution in [0.1, 0.15) is 0 Å². The molecule has 0 fully saturated rings. The Balaban J connectivity index is 2.02. The molecule has 0 radical (unpaired) electrons. The predicted octanol–water partition coefficient (Wildman–Crippen LogP) is 5.37. The normalized spacial score (nSPS) is 10.7. The monoisotopic (exact) mass is 320 g/mol. The van der Waals surface area contributed by atoms with E-state index in [0.29, 0.717) is 10.0 Å². The molecule has 0 bridgehead atoms. The topological polar surface area (TPSA) is 38.9 Å². The number of thiazole rings is 1. The molecule has 20 heavy (non-hydrogen) atoms. The number of anilines is 1. The van der Waals surface area contributed by atoms with Crippen LogP contribution in [0.15, 0.2) is 47.8 Å². The van der Waals surface area contributed by atoms with E-state index in [-0.39, 0.29) is 0 Å². The van der Waals surface area contributed by atoms with Crippen molar-refractivity contribution >= 4 is 40.2 Å². The summed E-state index contributed by atoms with van der Waals surface area (Å²) < 4.78 is 0. The minimum absolute atomic E-state index is 0.599. The molecular formula is C15H10Cl2N2S. The molecule has 3 aromatic rings. The van der Waals surface area contributed by atoms with Crippen LogP contribution in [0.5, 0.6) is 0 Å². The van der Waals surface area contributed by atoms with Gasteiger partial charge in [0.05, 0.1) is 10.7 Å². The highest BCUT2D eigenvalue weighted by atomic mass is 35.5. The van der Waals surface area contributed by atoms with Gasteiger partial charge in [-0.1, -0.05) is 35.3 Å². The van der Waals surface area contributed by atoms with E-state index in [1.807, 2.05) is 41.8 Å². The first-order chi connectivity index (χ1) is 9.63. The van der Waals surface area contributed by atoms with Crippen LogP contribution in [0.3, 0.4) is 0 Å². The number of aromatic nitrogens is 1. The van der Waals surface area contributed by atoms with Crippen LogP contribution in [0.4, 0.5) is 5.69 Å². The quantitative estimate of drug-likeness (QED) is 0.645. The molecule has 2 N–H and O–H groups in total. The molecule has 0 saturated heterocycles. The molecule has 0 aliphatic carbocycles. The molecule has 0 atom stereocenters.